The second-order valence-electron chi connectivity index (χ2n) is 9.76. The number of benzene rings is 2. The van der Waals surface area contributed by atoms with Gasteiger partial charge in [0.2, 0.25) is 5.91 Å². The summed E-state index contributed by atoms with van der Waals surface area (Å²) in [4.78, 5) is 13.3. The van der Waals surface area contributed by atoms with Crippen LogP contribution >= 0.6 is 0 Å². The summed E-state index contributed by atoms with van der Waals surface area (Å²) in [7, 11) is 3.27. The number of hydrogen-bond donors (Lipinski definition) is 2. The molecule has 2 aromatic rings. The van der Waals surface area contributed by atoms with Crippen LogP contribution in [0.2, 0.25) is 0 Å². The molecule has 2 N–H and O–H groups in total. The van der Waals surface area contributed by atoms with Crippen LogP contribution in [0.4, 0.5) is 5.69 Å². The van der Waals surface area contributed by atoms with Crippen molar-refractivity contribution >= 4 is 11.6 Å². The molecule has 0 aliphatic rings. The standard InChI is InChI=1S/C28H41NO4/c1-8-9-10-12-21(22-13-11-14-25(32-6)27(22)33-7)18-26(31)29-24-17-20(19(2)30)15-16-23(24)28(3,4)5/h11,13-17,19,21,30H,8-10,12,18H2,1-7H3,(H,29,31). The number of rotatable bonds is 11. The first-order valence-electron chi connectivity index (χ1n) is 12.0. The number of anilines is 1. The van der Waals surface area contributed by atoms with Crippen molar-refractivity contribution in [2.45, 2.75) is 84.2 Å². The molecule has 5 nitrogen and oxygen atoms in total. The van der Waals surface area contributed by atoms with Gasteiger partial charge in [-0.1, -0.05) is 71.2 Å². The molecule has 182 valence electrons. The molecule has 0 bridgehead atoms. The average Bonchev–Trinajstić information content (AvgIpc) is 2.76. The third kappa shape index (κ3) is 7.23. The first-order chi connectivity index (χ1) is 15.6. The third-order valence-corrected chi connectivity index (χ3v) is 6.07. The van der Waals surface area contributed by atoms with Crippen LogP contribution in [0.3, 0.4) is 0 Å². The monoisotopic (exact) mass is 455 g/mol. The average molecular weight is 456 g/mol. The van der Waals surface area contributed by atoms with Gasteiger partial charge in [0.1, 0.15) is 0 Å². The van der Waals surface area contributed by atoms with Crippen molar-refractivity contribution in [3.05, 3.63) is 53.1 Å². The molecular formula is C28H41NO4. The molecule has 2 unspecified atom stereocenters. The van der Waals surface area contributed by atoms with Gasteiger partial charge in [0.05, 0.1) is 20.3 Å². The van der Waals surface area contributed by atoms with Gasteiger partial charge in [-0.2, -0.15) is 0 Å². The first kappa shape index (κ1) is 26.7. The highest BCUT2D eigenvalue weighted by Crippen LogP contribution is 2.39. The van der Waals surface area contributed by atoms with Crippen molar-refractivity contribution in [3.63, 3.8) is 0 Å². The number of methoxy groups -OCH3 is 2. The van der Waals surface area contributed by atoms with Gasteiger partial charge in [0, 0.05) is 17.7 Å². The SMILES string of the molecule is CCCCCC(CC(=O)Nc1cc(C(C)O)ccc1C(C)(C)C)c1cccc(OC)c1OC. The zero-order chi connectivity index (χ0) is 24.6. The van der Waals surface area contributed by atoms with Crippen LogP contribution in [0.1, 0.15) is 95.4 Å². The van der Waals surface area contributed by atoms with E-state index in [1.807, 2.05) is 36.4 Å². The molecule has 2 aromatic carbocycles. The fourth-order valence-electron chi connectivity index (χ4n) is 4.25. The second-order valence-corrected chi connectivity index (χ2v) is 9.76. The largest absolute Gasteiger partial charge is 0.493 e. The lowest BCUT2D eigenvalue weighted by Gasteiger charge is -2.25. The molecule has 2 atom stereocenters. The van der Waals surface area contributed by atoms with Crippen molar-refractivity contribution in [1.29, 1.82) is 0 Å². The van der Waals surface area contributed by atoms with Crippen LogP contribution in [-0.4, -0.2) is 25.2 Å². The zero-order valence-corrected chi connectivity index (χ0v) is 21.3. The summed E-state index contributed by atoms with van der Waals surface area (Å²) in [6, 6.07) is 11.7. The predicted octanol–water partition coefficient (Wildman–Crippen LogP) is 6.75. The van der Waals surface area contributed by atoms with E-state index in [1.165, 1.54) is 0 Å². The van der Waals surface area contributed by atoms with Gasteiger partial charge in [-0.05, 0) is 47.9 Å². The zero-order valence-electron chi connectivity index (χ0n) is 21.3. The number of para-hydroxylation sites is 1. The number of unbranched alkanes of at least 4 members (excludes halogenated alkanes) is 2. The molecule has 2 rings (SSSR count). The van der Waals surface area contributed by atoms with Gasteiger partial charge < -0.3 is 19.9 Å². The predicted molar refractivity (Wildman–Crippen MR) is 135 cm³/mol. The summed E-state index contributed by atoms with van der Waals surface area (Å²) in [5.74, 6) is 1.34. The van der Waals surface area contributed by atoms with Crippen LogP contribution in [0.25, 0.3) is 0 Å². The fraction of sp³-hybridized carbons (Fsp3) is 0.536. The number of carbonyl (C=O) groups is 1. The minimum atomic E-state index is -0.600. The quantitative estimate of drug-likeness (QED) is 0.368. The number of aliphatic hydroxyl groups excluding tert-OH is 1. The van der Waals surface area contributed by atoms with Crippen molar-refractivity contribution < 1.29 is 19.4 Å². The van der Waals surface area contributed by atoms with E-state index in [4.69, 9.17) is 9.47 Å². The van der Waals surface area contributed by atoms with Gasteiger partial charge in [0.15, 0.2) is 11.5 Å². The summed E-state index contributed by atoms with van der Waals surface area (Å²) in [6.45, 7) is 10.3. The van der Waals surface area contributed by atoms with Gasteiger partial charge in [-0.15, -0.1) is 0 Å². The summed E-state index contributed by atoms with van der Waals surface area (Å²) in [5, 5.41) is 13.2. The van der Waals surface area contributed by atoms with E-state index in [1.54, 1.807) is 21.1 Å². The van der Waals surface area contributed by atoms with E-state index >= 15 is 0 Å². The highest BCUT2D eigenvalue weighted by Gasteiger charge is 2.24. The number of carbonyl (C=O) groups excluding carboxylic acids is 1. The highest BCUT2D eigenvalue weighted by molar-refractivity contribution is 5.92. The number of nitrogens with one attached hydrogen (secondary N) is 1. The number of ether oxygens (including phenoxy) is 2. The Morgan fingerprint density at radius 2 is 1.82 bits per heavy atom. The minimum Gasteiger partial charge on any atom is -0.493 e. The van der Waals surface area contributed by atoms with E-state index in [9.17, 15) is 9.90 Å². The van der Waals surface area contributed by atoms with Crippen molar-refractivity contribution in [1.82, 2.24) is 0 Å². The summed E-state index contributed by atoms with van der Waals surface area (Å²) in [6.07, 6.45) is 3.92. The Kier molecular flexibility index (Phi) is 9.78. The summed E-state index contributed by atoms with van der Waals surface area (Å²) >= 11 is 0. The lowest BCUT2D eigenvalue weighted by Crippen LogP contribution is -2.21. The number of amides is 1. The molecular weight excluding hydrogens is 414 g/mol. The lowest BCUT2D eigenvalue weighted by molar-refractivity contribution is -0.116. The molecule has 0 heterocycles. The van der Waals surface area contributed by atoms with Gasteiger partial charge >= 0.3 is 0 Å². The molecule has 0 saturated carbocycles. The molecule has 0 fully saturated rings. The van der Waals surface area contributed by atoms with Crippen LogP contribution < -0.4 is 14.8 Å². The lowest BCUT2D eigenvalue weighted by atomic mass is 9.84. The molecule has 33 heavy (non-hydrogen) atoms. The second kappa shape index (κ2) is 12.1. The molecule has 0 spiro atoms. The normalized spacial score (nSPS) is 13.3. The molecule has 0 aromatic heterocycles. The molecule has 0 aliphatic carbocycles. The summed E-state index contributed by atoms with van der Waals surface area (Å²) in [5.41, 5.74) is 3.44. The number of aliphatic hydroxyl groups is 1. The Labute approximate surface area is 199 Å². The Morgan fingerprint density at radius 3 is 2.39 bits per heavy atom. The van der Waals surface area contributed by atoms with Gasteiger partial charge in [-0.25, -0.2) is 0 Å². The maximum Gasteiger partial charge on any atom is 0.224 e. The molecule has 0 saturated heterocycles. The molecule has 0 radical (unpaired) electrons. The van der Waals surface area contributed by atoms with Crippen molar-refractivity contribution in [3.8, 4) is 11.5 Å². The minimum absolute atomic E-state index is 0.0136. The van der Waals surface area contributed by atoms with Crippen LogP contribution in [0.5, 0.6) is 11.5 Å². The fourth-order valence-corrected chi connectivity index (χ4v) is 4.25. The van der Waals surface area contributed by atoms with Gasteiger partial charge in [-0.3, -0.25) is 4.79 Å². The third-order valence-electron chi connectivity index (χ3n) is 6.07. The van der Waals surface area contributed by atoms with Crippen molar-refractivity contribution in [2.24, 2.45) is 0 Å². The highest BCUT2D eigenvalue weighted by atomic mass is 16.5. The first-order valence-corrected chi connectivity index (χ1v) is 12.0. The van der Waals surface area contributed by atoms with Crippen molar-refractivity contribution in [2.75, 3.05) is 19.5 Å². The Hall–Kier alpha value is -2.53. The van der Waals surface area contributed by atoms with E-state index in [0.29, 0.717) is 17.9 Å². The Bertz CT molecular complexity index is 915. The topological polar surface area (TPSA) is 67.8 Å². The maximum absolute atomic E-state index is 13.3. The summed E-state index contributed by atoms with van der Waals surface area (Å²) < 4.78 is 11.2. The van der Waals surface area contributed by atoms with Crippen LogP contribution in [0, 0.1) is 0 Å². The Morgan fingerprint density at radius 1 is 1.09 bits per heavy atom. The van der Waals surface area contributed by atoms with Gasteiger partial charge in [0.25, 0.3) is 0 Å². The van der Waals surface area contributed by atoms with E-state index in [0.717, 1.165) is 48.1 Å². The Balaban J connectivity index is 2.35. The van der Waals surface area contributed by atoms with Crippen LogP contribution in [-0.2, 0) is 10.2 Å². The maximum atomic E-state index is 13.3. The van der Waals surface area contributed by atoms with E-state index < -0.39 is 6.10 Å². The molecule has 0 aliphatic heterocycles. The van der Waals surface area contributed by atoms with Crippen LogP contribution in [0.15, 0.2) is 36.4 Å². The smallest absolute Gasteiger partial charge is 0.224 e. The van der Waals surface area contributed by atoms with E-state index in [-0.39, 0.29) is 17.2 Å². The molecule has 5 heteroatoms. The molecule has 1 amide bonds. The van der Waals surface area contributed by atoms with E-state index in [2.05, 4.69) is 33.0 Å². The number of hydrogen-bond acceptors (Lipinski definition) is 4.